The lowest BCUT2D eigenvalue weighted by Gasteiger charge is -2.36. The number of allylic oxidation sites excluding steroid dienone is 3. The van der Waals surface area contributed by atoms with Gasteiger partial charge < -0.3 is 4.48 Å². The van der Waals surface area contributed by atoms with Crippen LogP contribution in [0.2, 0.25) is 0 Å². The summed E-state index contributed by atoms with van der Waals surface area (Å²) >= 11 is 0. The number of hydrogen-bond acceptors (Lipinski definition) is 0. The Morgan fingerprint density at radius 3 is 2.37 bits per heavy atom. The molecule has 2 rings (SSSR count). The molecule has 1 nitrogen and oxygen atoms in total. The van der Waals surface area contributed by atoms with Crippen molar-refractivity contribution in [2.45, 2.75) is 65.8 Å². The highest BCUT2D eigenvalue weighted by Gasteiger charge is 2.32. The number of rotatable bonds is 3. The molecule has 0 aromatic carbocycles. The maximum atomic E-state index is 2.48. The van der Waals surface area contributed by atoms with Crippen molar-refractivity contribution in [1.82, 2.24) is 0 Å². The number of hydrogen-bond donors (Lipinski definition) is 0. The van der Waals surface area contributed by atoms with Crippen LogP contribution in [0.4, 0.5) is 0 Å². The van der Waals surface area contributed by atoms with E-state index in [0.717, 1.165) is 0 Å². The van der Waals surface area contributed by atoms with Crippen molar-refractivity contribution in [3.05, 3.63) is 23.3 Å². The van der Waals surface area contributed by atoms with Crippen LogP contribution in [0.15, 0.2) is 23.3 Å². The molecule has 1 fully saturated rings. The van der Waals surface area contributed by atoms with Gasteiger partial charge in [0.15, 0.2) is 0 Å². The first kappa shape index (κ1) is 14.8. The fourth-order valence-corrected chi connectivity index (χ4v) is 3.92. The van der Waals surface area contributed by atoms with Crippen LogP contribution in [0.25, 0.3) is 0 Å². The molecule has 1 heteroatoms. The van der Waals surface area contributed by atoms with Gasteiger partial charge in [0.2, 0.25) is 0 Å². The third-order valence-electron chi connectivity index (χ3n) is 5.65. The summed E-state index contributed by atoms with van der Waals surface area (Å²) in [6.45, 7) is 12.3. The second kappa shape index (κ2) is 5.44. The molecular formula is C18H32N+. The molecule has 0 amide bonds. The molecule has 0 aromatic heterocycles. The third-order valence-corrected chi connectivity index (χ3v) is 5.65. The molecule has 0 spiro atoms. The van der Waals surface area contributed by atoms with E-state index in [1.807, 2.05) is 0 Å². The maximum absolute atomic E-state index is 2.48. The minimum absolute atomic E-state index is 0.377. The molecule has 19 heavy (non-hydrogen) atoms. The Morgan fingerprint density at radius 1 is 1.16 bits per heavy atom. The van der Waals surface area contributed by atoms with Crippen molar-refractivity contribution in [3.63, 3.8) is 0 Å². The van der Waals surface area contributed by atoms with Crippen LogP contribution in [0, 0.1) is 5.41 Å². The Labute approximate surface area is 120 Å². The molecule has 0 saturated carbocycles. The molecule has 0 radical (unpaired) electrons. The highest BCUT2D eigenvalue weighted by molar-refractivity contribution is 5.32. The predicted octanol–water partition coefficient (Wildman–Crippen LogP) is 4.70. The largest absolute Gasteiger partial charge is 0.321 e. The van der Waals surface area contributed by atoms with Crippen molar-refractivity contribution in [2.24, 2.45) is 5.41 Å². The van der Waals surface area contributed by atoms with Gasteiger partial charge in [-0.25, -0.2) is 0 Å². The normalized spacial score (nSPS) is 28.1. The first-order chi connectivity index (χ1) is 8.85. The summed E-state index contributed by atoms with van der Waals surface area (Å²) in [6.07, 6.45) is 11.7. The van der Waals surface area contributed by atoms with E-state index >= 15 is 0 Å². The van der Waals surface area contributed by atoms with Gasteiger partial charge in [-0.05, 0) is 50.2 Å². The highest BCUT2D eigenvalue weighted by atomic mass is 15.4. The van der Waals surface area contributed by atoms with Gasteiger partial charge in [-0.3, -0.25) is 0 Å². The second-order valence-corrected chi connectivity index (χ2v) is 7.66. The topological polar surface area (TPSA) is 0 Å². The summed E-state index contributed by atoms with van der Waals surface area (Å²) in [4.78, 5) is 0. The molecule has 0 bridgehead atoms. The summed E-state index contributed by atoms with van der Waals surface area (Å²) in [7, 11) is 2.43. The molecule has 1 unspecified atom stereocenters. The molecule has 108 valence electrons. The summed E-state index contributed by atoms with van der Waals surface area (Å²) in [5.74, 6) is 0. The first-order valence-corrected chi connectivity index (χ1v) is 8.08. The van der Waals surface area contributed by atoms with Gasteiger partial charge in [-0.2, -0.15) is 0 Å². The zero-order valence-electron chi connectivity index (χ0n) is 13.6. The van der Waals surface area contributed by atoms with Gasteiger partial charge in [0.1, 0.15) is 6.04 Å². The highest BCUT2D eigenvalue weighted by Crippen LogP contribution is 2.40. The predicted molar refractivity (Wildman–Crippen MR) is 84.1 cm³/mol. The van der Waals surface area contributed by atoms with Crippen molar-refractivity contribution in [1.29, 1.82) is 0 Å². The summed E-state index contributed by atoms with van der Waals surface area (Å²) in [5, 5.41) is 0. The Hall–Kier alpha value is -0.560. The van der Waals surface area contributed by atoms with Crippen molar-refractivity contribution < 1.29 is 4.48 Å². The van der Waals surface area contributed by atoms with Crippen LogP contribution in [0.3, 0.4) is 0 Å². The van der Waals surface area contributed by atoms with Crippen LogP contribution in [-0.2, 0) is 0 Å². The average molecular weight is 262 g/mol. The van der Waals surface area contributed by atoms with Gasteiger partial charge in [-0.1, -0.05) is 25.5 Å². The number of quaternary nitrogens is 1. The summed E-state index contributed by atoms with van der Waals surface area (Å²) < 4.78 is 1.24. The average Bonchev–Trinajstić information content (AvgIpc) is 2.76. The second-order valence-electron chi connectivity index (χ2n) is 7.66. The van der Waals surface area contributed by atoms with Gasteiger partial charge >= 0.3 is 0 Å². The number of likely N-dealkylation sites (tertiary alicyclic amines) is 1. The molecule has 0 aromatic rings. The molecular weight excluding hydrogens is 230 g/mol. The van der Waals surface area contributed by atoms with Crippen LogP contribution in [-0.4, -0.2) is 30.7 Å². The molecule has 0 N–H and O–H groups in total. The maximum Gasteiger partial charge on any atom is 0.105 e. The van der Waals surface area contributed by atoms with E-state index in [1.165, 1.54) is 49.7 Å². The molecule has 1 aliphatic heterocycles. The zero-order chi connectivity index (χ0) is 14.1. The third kappa shape index (κ3) is 3.13. The smallest absolute Gasteiger partial charge is 0.105 e. The van der Waals surface area contributed by atoms with E-state index in [9.17, 15) is 0 Å². The van der Waals surface area contributed by atoms with Crippen molar-refractivity contribution >= 4 is 0 Å². The Balaban J connectivity index is 2.13. The molecule has 2 aliphatic rings. The van der Waals surface area contributed by atoms with Crippen molar-refractivity contribution in [3.8, 4) is 0 Å². The quantitative estimate of drug-likeness (QED) is 0.647. The van der Waals surface area contributed by atoms with Gasteiger partial charge in [0, 0.05) is 12.8 Å². The Morgan fingerprint density at radius 2 is 1.79 bits per heavy atom. The van der Waals surface area contributed by atoms with Gasteiger partial charge in [0.05, 0.1) is 20.1 Å². The molecule has 1 saturated heterocycles. The van der Waals surface area contributed by atoms with Crippen LogP contribution >= 0.6 is 0 Å². The van der Waals surface area contributed by atoms with E-state index in [1.54, 1.807) is 11.1 Å². The fraction of sp³-hybridized carbons (Fsp3) is 0.778. The Bertz CT molecular complexity index is 380. The molecule has 1 atom stereocenters. The number of nitrogens with zero attached hydrogens (tertiary/aromatic N) is 1. The minimum Gasteiger partial charge on any atom is -0.321 e. The SMILES string of the molecule is CC1=C(/C=C/C(C)[N+]2(C)CCCC2)C(C)(C)CCC1. The minimum atomic E-state index is 0.377. The number of likely N-dealkylation sites (N-methyl/N-ethyl adjacent to an activating group) is 1. The van der Waals surface area contributed by atoms with Gasteiger partial charge in [-0.15, -0.1) is 0 Å². The summed E-state index contributed by atoms with van der Waals surface area (Å²) in [6, 6.07) is 0.653. The van der Waals surface area contributed by atoms with Gasteiger partial charge in [0.25, 0.3) is 0 Å². The first-order valence-electron chi connectivity index (χ1n) is 8.08. The Kier molecular flexibility index (Phi) is 4.25. The van der Waals surface area contributed by atoms with Crippen LogP contribution in [0.5, 0.6) is 0 Å². The van der Waals surface area contributed by atoms with Crippen molar-refractivity contribution in [2.75, 3.05) is 20.1 Å². The van der Waals surface area contributed by atoms with E-state index < -0.39 is 0 Å². The molecule has 1 heterocycles. The zero-order valence-corrected chi connectivity index (χ0v) is 13.6. The standard InChI is InChI=1S/C18H32N/c1-15-9-8-12-18(3,4)17(15)11-10-16(2)19(5)13-6-7-14-19/h10-11,16H,6-9,12-14H2,1-5H3/q+1/b11-10+. The monoisotopic (exact) mass is 262 g/mol. The van der Waals surface area contributed by atoms with Crippen LogP contribution < -0.4 is 0 Å². The molecule has 1 aliphatic carbocycles. The lowest BCUT2D eigenvalue weighted by Crippen LogP contribution is -2.47. The lowest BCUT2D eigenvalue weighted by molar-refractivity contribution is -0.913. The van der Waals surface area contributed by atoms with E-state index in [0.29, 0.717) is 11.5 Å². The van der Waals surface area contributed by atoms with E-state index in [4.69, 9.17) is 0 Å². The van der Waals surface area contributed by atoms with Crippen LogP contribution in [0.1, 0.15) is 59.8 Å². The van der Waals surface area contributed by atoms with E-state index in [2.05, 4.69) is 46.9 Å². The fourth-order valence-electron chi connectivity index (χ4n) is 3.92. The lowest BCUT2D eigenvalue weighted by atomic mass is 9.72. The summed E-state index contributed by atoms with van der Waals surface area (Å²) in [5.41, 5.74) is 3.60. The van der Waals surface area contributed by atoms with E-state index in [-0.39, 0.29) is 0 Å².